The number of azo groups is 1. The molecular weight excluding hydrogens is 877 g/mol. The normalized spacial score (nSPS) is 14.3. The smallest absolute Gasteiger partial charge is 0.744 e. The van der Waals surface area contributed by atoms with Crippen LogP contribution in [0.1, 0.15) is 26.3 Å². The molecule has 6 rings (SSSR count). The van der Waals surface area contributed by atoms with Crippen molar-refractivity contribution < 1.29 is 145 Å². The average molecular weight is 903 g/mol. The fourth-order valence-electron chi connectivity index (χ4n) is 5.72. The summed E-state index contributed by atoms with van der Waals surface area (Å²) in [6, 6.07) is 14.7. The van der Waals surface area contributed by atoms with Gasteiger partial charge in [-0.25, -0.2) is 8.42 Å². The first kappa shape index (κ1) is 52.0. The molecule has 0 saturated carbocycles. The van der Waals surface area contributed by atoms with E-state index in [0.29, 0.717) is 28.6 Å². The number of nitrogens with two attached hydrogens (primary N) is 1. The number of anilines is 3. The van der Waals surface area contributed by atoms with Gasteiger partial charge in [-0.1, -0.05) is 12.1 Å². The third kappa shape index (κ3) is 11.6. The van der Waals surface area contributed by atoms with Gasteiger partial charge in [0.1, 0.15) is 33.0 Å². The molecular formula is C38H25N8Na3O13S. The van der Waals surface area contributed by atoms with E-state index in [0.717, 1.165) is 30.4 Å². The van der Waals surface area contributed by atoms with Crippen LogP contribution in [0.5, 0.6) is 11.5 Å². The molecule has 0 aliphatic heterocycles. The van der Waals surface area contributed by atoms with Crippen molar-refractivity contribution in [3.8, 4) is 22.6 Å². The molecule has 2 aliphatic carbocycles. The number of carboxylic acids is 2. The van der Waals surface area contributed by atoms with Gasteiger partial charge in [-0.05, 0) is 77.9 Å². The number of carbonyl (C=O) groups is 4. The summed E-state index contributed by atoms with van der Waals surface area (Å²) in [4.78, 5) is 57.6. The largest absolute Gasteiger partial charge is 1.00 e. The number of carboxylic acid groups (broad SMARTS) is 2. The summed E-state index contributed by atoms with van der Waals surface area (Å²) in [5, 5.41) is 49.8. The van der Waals surface area contributed by atoms with Gasteiger partial charge in [0.15, 0.2) is 5.78 Å². The van der Waals surface area contributed by atoms with Crippen LogP contribution in [0.4, 0.5) is 34.1 Å². The number of hydrazone groups is 2. The van der Waals surface area contributed by atoms with Gasteiger partial charge in [0.2, 0.25) is 5.78 Å². The molecule has 0 radical (unpaired) electrons. The third-order valence-corrected chi connectivity index (χ3v) is 9.52. The number of nitrogens with zero attached hydrogens (tertiary/aromatic N) is 5. The van der Waals surface area contributed by atoms with E-state index in [1.165, 1.54) is 38.5 Å². The predicted molar refractivity (Wildman–Crippen MR) is 209 cm³/mol. The number of rotatable bonds is 13. The maximum Gasteiger partial charge on any atom is 1.00 e. The van der Waals surface area contributed by atoms with Gasteiger partial charge in [-0.3, -0.25) is 30.6 Å². The Morgan fingerprint density at radius 3 is 1.92 bits per heavy atom. The molecule has 0 saturated heterocycles. The zero-order valence-electron chi connectivity index (χ0n) is 33.7. The number of hydrogen-bond donors (Lipinski definition) is 3. The molecule has 63 heavy (non-hydrogen) atoms. The van der Waals surface area contributed by atoms with E-state index in [2.05, 4.69) is 31.3 Å². The molecule has 4 N–H and O–H groups in total. The Balaban J connectivity index is 0.00000352. The molecule has 4 aromatic rings. The van der Waals surface area contributed by atoms with Crippen LogP contribution in [0.3, 0.4) is 0 Å². The summed E-state index contributed by atoms with van der Waals surface area (Å²) in [6.45, 7) is 0. The summed E-state index contributed by atoms with van der Waals surface area (Å²) >= 11 is 0. The Morgan fingerprint density at radius 1 is 0.778 bits per heavy atom. The van der Waals surface area contributed by atoms with E-state index in [-0.39, 0.29) is 128 Å². The minimum absolute atomic E-state index is 0. The molecule has 0 amide bonds. The minimum Gasteiger partial charge on any atom is -0.744 e. The first-order valence-electron chi connectivity index (χ1n) is 16.8. The number of nitro benzene ring substituents is 1. The fourth-order valence-corrected chi connectivity index (χ4v) is 6.36. The number of nitrogen functional groups attached to an aromatic ring is 1. The summed E-state index contributed by atoms with van der Waals surface area (Å²) in [7, 11) is -2.68. The van der Waals surface area contributed by atoms with Gasteiger partial charge in [0.25, 0.3) is 5.69 Å². The zero-order chi connectivity index (χ0) is 43.5. The number of allylic oxidation sites excluding steroid dienone is 4. The topological polar surface area (TPSA) is 333 Å². The van der Waals surface area contributed by atoms with Gasteiger partial charge in [-0.2, -0.15) is 10.2 Å². The van der Waals surface area contributed by atoms with E-state index in [1.54, 1.807) is 30.3 Å². The number of aromatic carboxylic acids is 1. The monoisotopic (exact) mass is 902 g/mol. The van der Waals surface area contributed by atoms with E-state index < -0.39 is 71.7 Å². The molecule has 25 heteroatoms. The Morgan fingerprint density at radius 2 is 1.38 bits per heavy atom. The van der Waals surface area contributed by atoms with Crippen LogP contribution < -0.4 is 125 Å². The summed E-state index contributed by atoms with van der Waals surface area (Å²) in [5.74, 6) is -4.74. The number of fused-ring (bicyclic) bond motifs is 1. The van der Waals surface area contributed by atoms with Gasteiger partial charge < -0.3 is 39.6 Å². The molecule has 0 spiro atoms. The van der Waals surface area contributed by atoms with Gasteiger partial charge in [0.05, 0.1) is 64.4 Å². The molecule has 21 nitrogen and oxygen atoms in total. The number of methoxy groups -OCH3 is 2. The van der Waals surface area contributed by atoms with Crippen LogP contribution in [0, 0.1) is 10.1 Å². The third-order valence-electron chi connectivity index (χ3n) is 8.67. The molecule has 0 fully saturated rings. The quantitative estimate of drug-likeness (QED) is 0.0164. The number of non-ortho nitro benzene ring substituents is 1. The number of nitrogens with one attached hydrogen (secondary N) is 2. The standard InChI is InChI=1S/C38H28N8O13S.3Na/c1-58-31-13-18(3-9-28(31)42-40-20-5-12-30(47)25(15-20)38(51)52)19-4-10-29(32(14-19)59-2)43-45-35-33(60(55,56)57)17-23-22(36(35)48)7-8-26(39)34(23)44-41-27-11-6-21(46(53)54)16-24(27)37(49)50;;;/h3-17,42-43H,39H2,1-2H3,(H,49,50)(H,51,52)(H,55,56,57);;;/q;3*+1/p-3/b40-20+,44-41?,45-35-;;;. The van der Waals surface area contributed by atoms with E-state index >= 15 is 0 Å². The number of hydrogen-bond acceptors (Lipinski definition) is 20. The SMILES string of the molecule is COc1cc(-c2ccc(N/N=C3\C(=O)c4ccc(N)c(N=Nc5ccc([N+](=O)[O-])cc5C(=O)[O-])c4C=C3S(=O)(=O)[O-])c(OC)c2)ccc1N/N=C1\C=CC(=O)C(C(=O)[O-])=C1.[Na+].[Na+].[Na+]. The number of benzene rings is 4. The minimum atomic E-state index is -5.42. The van der Waals surface area contributed by atoms with Crippen molar-refractivity contribution in [1.82, 2.24) is 0 Å². The molecule has 0 heterocycles. The predicted octanol–water partition coefficient (Wildman–Crippen LogP) is -6.21. The molecule has 0 unspecified atom stereocenters. The molecule has 304 valence electrons. The van der Waals surface area contributed by atoms with Crippen LogP contribution >= 0.6 is 0 Å². The first-order chi connectivity index (χ1) is 28.5. The van der Waals surface area contributed by atoms with Crippen molar-refractivity contribution in [1.29, 1.82) is 0 Å². The van der Waals surface area contributed by atoms with Crippen LogP contribution in [-0.4, -0.2) is 67.0 Å². The van der Waals surface area contributed by atoms with E-state index in [4.69, 9.17) is 15.2 Å². The number of Topliss-reactive ketones (excluding diaryl/α,β-unsaturated/α-hetero) is 1. The van der Waals surface area contributed by atoms with Crippen molar-refractivity contribution >= 4 is 85.2 Å². The number of ether oxygens (including phenoxy) is 2. The van der Waals surface area contributed by atoms with Crippen molar-refractivity contribution in [2.24, 2.45) is 20.4 Å². The second-order valence-electron chi connectivity index (χ2n) is 12.3. The molecule has 0 atom stereocenters. The maximum atomic E-state index is 13.8. The Bertz CT molecular complexity index is 2880. The molecule has 4 aromatic carbocycles. The van der Waals surface area contributed by atoms with Crippen molar-refractivity contribution in [2.45, 2.75) is 0 Å². The molecule has 0 aromatic heterocycles. The number of carbonyl (C=O) groups excluding carboxylic acids is 4. The van der Waals surface area contributed by atoms with Crippen LogP contribution in [0.25, 0.3) is 17.2 Å². The number of nitro groups is 1. The van der Waals surface area contributed by atoms with Crippen LogP contribution in [0.15, 0.2) is 116 Å². The van der Waals surface area contributed by atoms with Gasteiger partial charge in [0, 0.05) is 34.4 Å². The zero-order valence-corrected chi connectivity index (χ0v) is 40.5. The van der Waals surface area contributed by atoms with Gasteiger partial charge >= 0.3 is 88.7 Å². The molecule has 0 bridgehead atoms. The van der Waals surface area contributed by atoms with Crippen molar-refractivity contribution in [3.05, 3.63) is 122 Å². The van der Waals surface area contributed by atoms with Crippen LogP contribution in [0.2, 0.25) is 0 Å². The maximum absolute atomic E-state index is 13.8. The van der Waals surface area contributed by atoms with Crippen molar-refractivity contribution in [2.75, 3.05) is 30.8 Å². The van der Waals surface area contributed by atoms with Crippen molar-refractivity contribution in [3.63, 3.8) is 0 Å². The summed E-state index contributed by atoms with van der Waals surface area (Å²) < 4.78 is 48.6. The summed E-state index contributed by atoms with van der Waals surface area (Å²) in [5.41, 5.74) is 9.27. The fraction of sp³-hybridized carbons (Fsp3) is 0.0526. The second-order valence-corrected chi connectivity index (χ2v) is 13.6. The average Bonchev–Trinajstić information content (AvgIpc) is 3.21. The number of ketones is 2. The Kier molecular flexibility index (Phi) is 18.0. The second kappa shape index (κ2) is 21.8. The number of aliphatic carboxylic acids is 1. The van der Waals surface area contributed by atoms with Gasteiger partial charge in [-0.15, -0.1) is 10.2 Å². The summed E-state index contributed by atoms with van der Waals surface area (Å²) in [6.07, 6.45) is 4.24. The molecule has 2 aliphatic rings. The van der Waals surface area contributed by atoms with E-state index in [9.17, 15) is 52.5 Å². The first-order valence-corrected chi connectivity index (χ1v) is 18.2. The van der Waals surface area contributed by atoms with E-state index in [1.807, 2.05) is 0 Å². The Labute approximate surface area is 422 Å². The van der Waals surface area contributed by atoms with Crippen LogP contribution in [-0.2, 0) is 19.7 Å². The Hall–Kier alpha value is -5.37.